The Morgan fingerprint density at radius 1 is 1.19 bits per heavy atom. The average molecular weight is 239 g/mol. The van der Waals surface area contributed by atoms with Gasteiger partial charge in [-0.05, 0) is 6.07 Å². The van der Waals surface area contributed by atoms with Crippen molar-refractivity contribution >= 4 is 22.4 Å². The summed E-state index contributed by atoms with van der Waals surface area (Å²) in [6.45, 7) is 0.510. The van der Waals surface area contributed by atoms with Gasteiger partial charge in [0.1, 0.15) is 0 Å². The Hall–Kier alpha value is -1.39. The minimum Gasteiger partial charge on any atom is -0.476 e. The molecule has 2 rings (SSSR count). The van der Waals surface area contributed by atoms with Crippen molar-refractivity contribution in [3.8, 4) is 5.88 Å². The summed E-state index contributed by atoms with van der Waals surface area (Å²) in [5.41, 5.74) is 0. The normalized spacial score (nSPS) is 10.6. The van der Waals surface area contributed by atoms with Crippen LogP contribution in [0.3, 0.4) is 0 Å². The molecule has 0 bridgehead atoms. The molecule has 5 heteroatoms. The maximum absolute atomic E-state index is 8.66. The van der Waals surface area contributed by atoms with Gasteiger partial charge in [0, 0.05) is 23.8 Å². The van der Waals surface area contributed by atoms with Gasteiger partial charge in [-0.3, -0.25) is 0 Å². The first-order valence-corrected chi connectivity index (χ1v) is 5.35. The van der Waals surface area contributed by atoms with Gasteiger partial charge in [-0.15, -0.1) is 10.2 Å². The summed E-state index contributed by atoms with van der Waals surface area (Å²) in [5, 5.41) is 18.4. The van der Waals surface area contributed by atoms with Gasteiger partial charge in [-0.1, -0.05) is 29.8 Å². The van der Waals surface area contributed by atoms with Crippen molar-refractivity contribution in [1.82, 2.24) is 10.2 Å². The molecule has 1 aromatic carbocycles. The van der Waals surface area contributed by atoms with Crippen LogP contribution in [0, 0.1) is 0 Å². The number of benzene rings is 1. The molecule has 0 unspecified atom stereocenters. The predicted molar refractivity (Wildman–Crippen MR) is 61.7 cm³/mol. The van der Waals surface area contributed by atoms with Crippen LogP contribution in [0.25, 0.3) is 10.8 Å². The lowest BCUT2D eigenvalue weighted by Crippen LogP contribution is -2.02. The predicted octanol–water partition coefficient (Wildman–Crippen LogP) is 2.04. The molecule has 84 valence electrons. The van der Waals surface area contributed by atoms with E-state index in [9.17, 15) is 0 Å². The van der Waals surface area contributed by atoms with Crippen molar-refractivity contribution in [3.63, 3.8) is 0 Å². The molecule has 0 radical (unpaired) electrons. The van der Waals surface area contributed by atoms with Gasteiger partial charge in [0.25, 0.3) is 0 Å². The van der Waals surface area contributed by atoms with Crippen molar-refractivity contribution in [3.05, 3.63) is 29.4 Å². The van der Waals surface area contributed by atoms with Crippen LogP contribution in [0.2, 0.25) is 5.15 Å². The zero-order chi connectivity index (χ0) is 11.4. The zero-order valence-corrected chi connectivity index (χ0v) is 9.31. The van der Waals surface area contributed by atoms with Crippen LogP contribution in [-0.2, 0) is 0 Å². The number of hydrogen-bond donors (Lipinski definition) is 1. The van der Waals surface area contributed by atoms with Crippen molar-refractivity contribution in [2.75, 3.05) is 13.2 Å². The molecule has 16 heavy (non-hydrogen) atoms. The van der Waals surface area contributed by atoms with E-state index in [0.717, 1.165) is 10.8 Å². The maximum atomic E-state index is 8.66. The van der Waals surface area contributed by atoms with E-state index in [1.165, 1.54) is 0 Å². The van der Waals surface area contributed by atoms with Gasteiger partial charge < -0.3 is 9.84 Å². The molecule has 4 nitrogen and oxygen atoms in total. The number of halogens is 1. The second-order valence-electron chi connectivity index (χ2n) is 3.27. The van der Waals surface area contributed by atoms with E-state index in [1.807, 2.05) is 24.3 Å². The number of ether oxygens (including phenoxy) is 1. The van der Waals surface area contributed by atoms with Crippen molar-refractivity contribution in [2.45, 2.75) is 6.42 Å². The summed E-state index contributed by atoms with van der Waals surface area (Å²) in [7, 11) is 0. The highest BCUT2D eigenvalue weighted by Crippen LogP contribution is 2.26. The molecule has 0 fully saturated rings. The fraction of sp³-hybridized carbons (Fsp3) is 0.273. The quantitative estimate of drug-likeness (QED) is 0.829. The first kappa shape index (κ1) is 11.1. The van der Waals surface area contributed by atoms with Crippen LogP contribution < -0.4 is 4.74 Å². The van der Waals surface area contributed by atoms with Crippen LogP contribution in [0.5, 0.6) is 5.88 Å². The SMILES string of the molecule is OCCCOc1nnc(Cl)c2ccccc12. The number of aliphatic hydroxyl groups excluding tert-OH is 1. The monoisotopic (exact) mass is 238 g/mol. The van der Waals surface area contributed by atoms with Gasteiger partial charge in [0.05, 0.1) is 6.61 Å². The molecule has 0 aliphatic heterocycles. The molecule has 1 heterocycles. The largest absolute Gasteiger partial charge is 0.476 e. The van der Waals surface area contributed by atoms with Gasteiger partial charge in [0.2, 0.25) is 5.88 Å². The van der Waals surface area contributed by atoms with Crippen molar-refractivity contribution in [2.24, 2.45) is 0 Å². The Morgan fingerprint density at radius 2 is 1.94 bits per heavy atom. The van der Waals surface area contributed by atoms with Crippen molar-refractivity contribution < 1.29 is 9.84 Å². The number of aromatic nitrogens is 2. The minimum atomic E-state index is 0.0962. The van der Waals surface area contributed by atoms with E-state index in [4.69, 9.17) is 21.4 Å². The molecule has 0 amide bonds. The van der Waals surface area contributed by atoms with Crippen LogP contribution in [0.4, 0.5) is 0 Å². The van der Waals surface area contributed by atoms with E-state index in [0.29, 0.717) is 24.1 Å². The number of aliphatic hydroxyl groups is 1. The molecule has 0 saturated heterocycles. The lowest BCUT2D eigenvalue weighted by molar-refractivity contribution is 0.229. The first-order chi connectivity index (χ1) is 7.83. The molecule has 2 aromatic rings. The topological polar surface area (TPSA) is 55.2 Å². The summed E-state index contributed by atoms with van der Waals surface area (Å²) in [5.74, 6) is 0.452. The van der Waals surface area contributed by atoms with Crippen molar-refractivity contribution in [1.29, 1.82) is 0 Å². The third-order valence-electron chi connectivity index (χ3n) is 2.15. The number of rotatable bonds is 4. The Balaban J connectivity index is 2.35. The molecule has 0 aliphatic rings. The van der Waals surface area contributed by atoms with E-state index >= 15 is 0 Å². The van der Waals surface area contributed by atoms with Gasteiger partial charge in [-0.25, -0.2) is 0 Å². The second kappa shape index (κ2) is 5.09. The Labute approximate surface area is 97.8 Å². The first-order valence-electron chi connectivity index (χ1n) is 4.97. The van der Waals surface area contributed by atoms with E-state index in [1.54, 1.807) is 0 Å². The average Bonchev–Trinajstić information content (AvgIpc) is 2.33. The molecular weight excluding hydrogens is 228 g/mol. The fourth-order valence-electron chi connectivity index (χ4n) is 1.39. The summed E-state index contributed by atoms with van der Waals surface area (Å²) < 4.78 is 5.42. The Kier molecular flexibility index (Phi) is 3.54. The maximum Gasteiger partial charge on any atom is 0.241 e. The summed E-state index contributed by atoms with van der Waals surface area (Å²) in [6.07, 6.45) is 0.568. The zero-order valence-electron chi connectivity index (χ0n) is 8.56. The number of fused-ring (bicyclic) bond motifs is 1. The Bertz CT molecular complexity index is 490. The highest BCUT2D eigenvalue weighted by atomic mass is 35.5. The standard InChI is InChI=1S/C11H11ClN2O2/c12-10-8-4-1-2-5-9(8)11(14-13-10)16-7-3-6-15/h1-2,4-5,15H,3,6-7H2. The summed E-state index contributed by atoms with van der Waals surface area (Å²) in [4.78, 5) is 0. The van der Waals surface area contributed by atoms with E-state index < -0.39 is 0 Å². The molecule has 0 atom stereocenters. The van der Waals surface area contributed by atoms with Crippen LogP contribution in [0.15, 0.2) is 24.3 Å². The summed E-state index contributed by atoms with van der Waals surface area (Å²) >= 11 is 5.92. The fourth-order valence-corrected chi connectivity index (χ4v) is 1.59. The van der Waals surface area contributed by atoms with E-state index in [2.05, 4.69) is 10.2 Å². The third kappa shape index (κ3) is 2.23. The van der Waals surface area contributed by atoms with Crippen LogP contribution >= 0.6 is 11.6 Å². The van der Waals surface area contributed by atoms with Gasteiger partial charge in [0.15, 0.2) is 5.15 Å². The molecule has 0 aliphatic carbocycles. The van der Waals surface area contributed by atoms with Crippen LogP contribution in [-0.4, -0.2) is 28.5 Å². The highest BCUT2D eigenvalue weighted by Gasteiger charge is 2.07. The lowest BCUT2D eigenvalue weighted by atomic mass is 10.2. The number of hydrogen-bond acceptors (Lipinski definition) is 4. The Morgan fingerprint density at radius 3 is 2.69 bits per heavy atom. The molecule has 1 N–H and O–H groups in total. The molecule has 1 aromatic heterocycles. The molecular formula is C11H11ClN2O2. The molecule has 0 saturated carbocycles. The third-order valence-corrected chi connectivity index (χ3v) is 2.43. The number of nitrogens with zero attached hydrogens (tertiary/aromatic N) is 2. The smallest absolute Gasteiger partial charge is 0.241 e. The summed E-state index contributed by atoms with van der Waals surface area (Å²) in [6, 6.07) is 7.52. The molecule has 0 spiro atoms. The second-order valence-corrected chi connectivity index (χ2v) is 3.63. The minimum absolute atomic E-state index is 0.0962. The lowest BCUT2D eigenvalue weighted by Gasteiger charge is -2.07. The van der Waals surface area contributed by atoms with Crippen LogP contribution in [0.1, 0.15) is 6.42 Å². The van der Waals surface area contributed by atoms with Gasteiger partial charge in [-0.2, -0.15) is 0 Å². The van der Waals surface area contributed by atoms with E-state index in [-0.39, 0.29) is 6.61 Å². The highest BCUT2D eigenvalue weighted by molar-refractivity contribution is 6.34. The van der Waals surface area contributed by atoms with Gasteiger partial charge >= 0.3 is 0 Å².